The Morgan fingerprint density at radius 3 is 1.95 bits per heavy atom. The third-order valence-corrected chi connectivity index (χ3v) is 6.74. The van der Waals surface area contributed by atoms with Crippen LogP contribution in [0.15, 0.2) is 148 Å². The van der Waals surface area contributed by atoms with Gasteiger partial charge in [-0.1, -0.05) is 131 Å². The fourth-order valence-corrected chi connectivity index (χ4v) is 4.64. The average Bonchev–Trinajstić information content (AvgIpc) is 2.96. The Morgan fingerprint density at radius 2 is 1.19 bits per heavy atom. The highest BCUT2D eigenvalue weighted by molar-refractivity contribution is 9.10. The van der Waals surface area contributed by atoms with Crippen LogP contribution in [0.2, 0.25) is 0 Å². The van der Waals surface area contributed by atoms with Crippen LogP contribution in [-0.4, -0.2) is 11.7 Å². The van der Waals surface area contributed by atoms with Crippen LogP contribution in [0.25, 0.3) is 22.3 Å². The van der Waals surface area contributed by atoms with Crippen molar-refractivity contribution >= 4 is 27.6 Å². The van der Waals surface area contributed by atoms with Gasteiger partial charge in [0.25, 0.3) is 0 Å². The molecule has 0 heterocycles. The summed E-state index contributed by atoms with van der Waals surface area (Å²) in [5, 5.41) is 0. The van der Waals surface area contributed by atoms with Crippen molar-refractivity contribution in [2.45, 2.75) is 6.54 Å². The van der Waals surface area contributed by atoms with Gasteiger partial charge in [-0.15, -0.1) is 0 Å². The van der Waals surface area contributed by atoms with Crippen molar-refractivity contribution in [1.82, 2.24) is 0 Å². The minimum Gasteiger partial charge on any atom is -0.383 e. The number of nitrogens with two attached hydrogens (primary N) is 1. The topological polar surface area (TPSA) is 50.7 Å². The van der Waals surface area contributed by atoms with Crippen molar-refractivity contribution in [3.05, 3.63) is 155 Å². The van der Waals surface area contributed by atoms with E-state index >= 15 is 0 Å². The standard InChI is InChI=1S/C33H26BrN3/c34-31-20-8-7-19-30(31)28-17-9-15-26(21-28)27-16-10-18-29(22-27)33(36-23-24-11-3-1-4-12-24)37-32(35)25-13-5-2-6-14-25/h1-22H,23H2,(H2,35,36,37). The lowest BCUT2D eigenvalue weighted by Gasteiger charge is -2.10. The van der Waals surface area contributed by atoms with E-state index < -0.39 is 0 Å². The molecule has 0 fully saturated rings. The van der Waals surface area contributed by atoms with E-state index in [4.69, 9.17) is 15.7 Å². The molecule has 0 aliphatic carbocycles. The van der Waals surface area contributed by atoms with E-state index in [0.29, 0.717) is 18.2 Å². The average molecular weight is 544 g/mol. The van der Waals surface area contributed by atoms with E-state index in [-0.39, 0.29) is 0 Å². The molecule has 4 heteroatoms. The second kappa shape index (κ2) is 11.6. The minimum atomic E-state index is 0.439. The van der Waals surface area contributed by atoms with Crippen molar-refractivity contribution in [2.75, 3.05) is 0 Å². The highest BCUT2D eigenvalue weighted by atomic mass is 79.9. The molecule has 0 saturated carbocycles. The Hall–Kier alpha value is -4.28. The van der Waals surface area contributed by atoms with Crippen LogP contribution in [-0.2, 0) is 6.54 Å². The molecule has 0 atom stereocenters. The molecule has 0 aliphatic heterocycles. The zero-order valence-electron chi connectivity index (χ0n) is 20.3. The maximum atomic E-state index is 6.41. The number of halogens is 1. The largest absolute Gasteiger partial charge is 0.383 e. The lowest BCUT2D eigenvalue weighted by atomic mass is 9.98. The van der Waals surface area contributed by atoms with Crippen molar-refractivity contribution in [1.29, 1.82) is 0 Å². The number of amidine groups is 2. The molecule has 0 amide bonds. The van der Waals surface area contributed by atoms with Crippen LogP contribution < -0.4 is 5.73 Å². The first-order valence-corrected chi connectivity index (χ1v) is 12.9. The molecule has 0 aliphatic rings. The maximum absolute atomic E-state index is 6.41. The van der Waals surface area contributed by atoms with Gasteiger partial charge in [-0.2, -0.15) is 0 Å². The summed E-state index contributed by atoms with van der Waals surface area (Å²) in [6.45, 7) is 0.517. The van der Waals surface area contributed by atoms with Crippen molar-refractivity contribution in [2.24, 2.45) is 15.7 Å². The number of nitrogens with zero attached hydrogens (tertiary/aromatic N) is 2. The lowest BCUT2D eigenvalue weighted by Crippen LogP contribution is -2.16. The predicted octanol–water partition coefficient (Wildman–Crippen LogP) is 8.14. The third kappa shape index (κ3) is 6.11. The summed E-state index contributed by atoms with van der Waals surface area (Å²) in [5.74, 6) is 1.04. The van der Waals surface area contributed by atoms with E-state index in [1.165, 1.54) is 0 Å². The molecule has 0 spiro atoms. The smallest absolute Gasteiger partial charge is 0.157 e. The molecule has 3 nitrogen and oxygen atoms in total. The highest BCUT2D eigenvalue weighted by Gasteiger charge is 2.09. The Labute approximate surface area is 226 Å². The summed E-state index contributed by atoms with van der Waals surface area (Å²) >= 11 is 3.68. The van der Waals surface area contributed by atoms with E-state index in [1.807, 2.05) is 66.7 Å². The lowest BCUT2D eigenvalue weighted by molar-refractivity contribution is 1.06. The first kappa shape index (κ1) is 24.4. The fraction of sp³-hybridized carbons (Fsp3) is 0.0303. The zero-order valence-corrected chi connectivity index (χ0v) is 21.8. The van der Waals surface area contributed by atoms with Gasteiger partial charge in [0.2, 0.25) is 0 Å². The summed E-state index contributed by atoms with van der Waals surface area (Å²) in [6, 6.07) is 45.1. The van der Waals surface area contributed by atoms with Crippen LogP contribution in [0.5, 0.6) is 0 Å². The first-order valence-electron chi connectivity index (χ1n) is 12.1. The molecule has 0 bridgehead atoms. The summed E-state index contributed by atoms with van der Waals surface area (Å²) in [5.41, 5.74) is 13.8. The monoisotopic (exact) mass is 543 g/mol. The number of benzene rings is 5. The van der Waals surface area contributed by atoms with Crippen LogP contribution in [0.3, 0.4) is 0 Å². The van der Waals surface area contributed by atoms with Gasteiger partial charge in [0.05, 0.1) is 6.54 Å². The van der Waals surface area contributed by atoms with Gasteiger partial charge in [0, 0.05) is 15.6 Å². The van der Waals surface area contributed by atoms with Gasteiger partial charge in [-0.05, 0) is 46.0 Å². The molecular weight excluding hydrogens is 518 g/mol. The molecule has 37 heavy (non-hydrogen) atoms. The summed E-state index contributed by atoms with van der Waals surface area (Å²) in [7, 11) is 0. The summed E-state index contributed by atoms with van der Waals surface area (Å²) in [6.07, 6.45) is 0. The van der Waals surface area contributed by atoms with Gasteiger partial charge in [0.15, 0.2) is 5.84 Å². The molecule has 5 aromatic carbocycles. The Balaban J connectivity index is 1.54. The first-order chi connectivity index (χ1) is 18.2. The molecule has 5 aromatic rings. The second-order valence-corrected chi connectivity index (χ2v) is 9.48. The van der Waals surface area contributed by atoms with Gasteiger partial charge >= 0.3 is 0 Å². The Bertz CT molecular complexity index is 1560. The molecule has 5 rings (SSSR count). The quantitative estimate of drug-likeness (QED) is 0.170. The Kier molecular flexibility index (Phi) is 7.68. The van der Waals surface area contributed by atoms with Gasteiger partial charge in [0.1, 0.15) is 5.84 Å². The van der Waals surface area contributed by atoms with Crippen LogP contribution >= 0.6 is 15.9 Å². The van der Waals surface area contributed by atoms with E-state index in [2.05, 4.69) is 82.7 Å². The number of hydrogen-bond donors (Lipinski definition) is 1. The highest BCUT2D eigenvalue weighted by Crippen LogP contribution is 2.31. The minimum absolute atomic E-state index is 0.439. The fourth-order valence-electron chi connectivity index (χ4n) is 4.13. The normalized spacial score (nSPS) is 11.9. The van der Waals surface area contributed by atoms with Crippen molar-refractivity contribution in [3.8, 4) is 22.3 Å². The SMILES string of the molecule is NC(=NC(=NCc1ccccc1)c1cccc(-c2cccc(-c3ccccc3Br)c2)c1)c1ccccc1. The molecule has 0 aromatic heterocycles. The van der Waals surface area contributed by atoms with Gasteiger partial charge in [-0.25, -0.2) is 4.99 Å². The van der Waals surface area contributed by atoms with E-state index in [1.54, 1.807) is 0 Å². The number of rotatable bonds is 6. The molecule has 0 saturated heterocycles. The summed E-state index contributed by atoms with van der Waals surface area (Å²) < 4.78 is 1.07. The van der Waals surface area contributed by atoms with Gasteiger partial charge < -0.3 is 5.73 Å². The maximum Gasteiger partial charge on any atom is 0.157 e. The molecule has 0 unspecified atom stereocenters. The molecule has 2 N–H and O–H groups in total. The van der Waals surface area contributed by atoms with Crippen LogP contribution in [0, 0.1) is 0 Å². The molecule has 0 radical (unpaired) electrons. The molecular formula is C33H26BrN3. The summed E-state index contributed by atoms with van der Waals surface area (Å²) in [4.78, 5) is 9.67. The number of aliphatic imine (C=N–C) groups is 2. The third-order valence-electron chi connectivity index (χ3n) is 6.05. The molecule has 180 valence electrons. The van der Waals surface area contributed by atoms with Crippen LogP contribution in [0.1, 0.15) is 16.7 Å². The second-order valence-electron chi connectivity index (χ2n) is 8.63. The van der Waals surface area contributed by atoms with Crippen molar-refractivity contribution < 1.29 is 0 Å². The van der Waals surface area contributed by atoms with E-state index in [9.17, 15) is 0 Å². The zero-order chi connectivity index (χ0) is 25.5. The predicted molar refractivity (Wildman–Crippen MR) is 159 cm³/mol. The van der Waals surface area contributed by atoms with Crippen LogP contribution in [0.4, 0.5) is 0 Å². The van der Waals surface area contributed by atoms with Gasteiger partial charge in [-0.3, -0.25) is 4.99 Å². The van der Waals surface area contributed by atoms with E-state index in [0.717, 1.165) is 43.4 Å². The number of hydrogen-bond acceptors (Lipinski definition) is 1. The van der Waals surface area contributed by atoms with Crippen molar-refractivity contribution in [3.63, 3.8) is 0 Å². The Morgan fingerprint density at radius 1 is 0.595 bits per heavy atom.